The number of hydrogen-bond acceptors (Lipinski definition) is 5. The van der Waals surface area contributed by atoms with E-state index in [4.69, 9.17) is 0 Å². The van der Waals surface area contributed by atoms with Gasteiger partial charge in [-0.2, -0.15) is 5.10 Å². The number of aromatic nitrogens is 4. The first-order valence-electron chi connectivity index (χ1n) is 8.83. The molecule has 28 heavy (non-hydrogen) atoms. The molecule has 9 nitrogen and oxygen atoms in total. The quantitative estimate of drug-likeness (QED) is 0.606. The van der Waals surface area contributed by atoms with Gasteiger partial charge in [-0.05, 0) is 17.5 Å². The van der Waals surface area contributed by atoms with Crippen molar-refractivity contribution < 1.29 is 14.7 Å². The molecule has 1 aliphatic rings. The summed E-state index contributed by atoms with van der Waals surface area (Å²) in [5.74, 6) is -2.38. The lowest BCUT2D eigenvalue weighted by Crippen LogP contribution is -2.28. The third-order valence-electron chi connectivity index (χ3n) is 5.29. The summed E-state index contributed by atoms with van der Waals surface area (Å²) in [5, 5.41) is 16.5. The van der Waals surface area contributed by atoms with E-state index >= 15 is 0 Å². The standard InChI is InChI=1S/C19H19N5O4/c1-19(2)13(14(19)18(27)28)17(26)20-9-12-22-15-11(16(25)23-12)8-21-24(15)10-6-4-3-5-7-10/h3-8,13-14H,9H2,1-2H3,(H,20,26)(H,27,28)(H,22,23,25)/t13-,14+/m1/s1. The number of hydrogen-bond donors (Lipinski definition) is 3. The second-order valence-electron chi connectivity index (χ2n) is 7.47. The molecule has 1 fully saturated rings. The second kappa shape index (κ2) is 6.29. The van der Waals surface area contributed by atoms with Crippen LogP contribution in [0.15, 0.2) is 41.3 Å². The highest BCUT2D eigenvalue weighted by molar-refractivity contribution is 5.91. The normalized spacial score (nSPS) is 20.1. The molecule has 0 saturated heterocycles. The molecule has 1 aliphatic carbocycles. The molecule has 4 rings (SSSR count). The number of rotatable bonds is 5. The van der Waals surface area contributed by atoms with Gasteiger partial charge in [-0.3, -0.25) is 14.4 Å². The molecule has 1 amide bonds. The van der Waals surface area contributed by atoms with Gasteiger partial charge in [0.25, 0.3) is 5.56 Å². The van der Waals surface area contributed by atoms with Gasteiger partial charge in [0.15, 0.2) is 5.65 Å². The van der Waals surface area contributed by atoms with Gasteiger partial charge >= 0.3 is 5.97 Å². The van der Waals surface area contributed by atoms with E-state index in [9.17, 15) is 19.5 Å². The maximum atomic E-state index is 12.4. The molecule has 2 aromatic heterocycles. The summed E-state index contributed by atoms with van der Waals surface area (Å²) in [6.07, 6.45) is 1.45. The highest BCUT2D eigenvalue weighted by Gasteiger charge is 2.65. The number of para-hydroxylation sites is 1. The van der Waals surface area contributed by atoms with Crippen molar-refractivity contribution in [3.63, 3.8) is 0 Å². The molecule has 2 atom stereocenters. The molecule has 3 aromatic rings. The molecular formula is C19H19N5O4. The Morgan fingerprint density at radius 1 is 1.25 bits per heavy atom. The summed E-state index contributed by atoms with van der Waals surface area (Å²) in [5.41, 5.74) is 0.197. The van der Waals surface area contributed by atoms with Crippen LogP contribution in [0.1, 0.15) is 19.7 Å². The minimum Gasteiger partial charge on any atom is -0.481 e. The van der Waals surface area contributed by atoms with Crippen LogP contribution in [0.4, 0.5) is 0 Å². The smallest absolute Gasteiger partial charge is 0.307 e. The Labute approximate surface area is 159 Å². The molecule has 3 N–H and O–H groups in total. The lowest BCUT2D eigenvalue weighted by Gasteiger charge is -2.07. The minimum atomic E-state index is -0.982. The van der Waals surface area contributed by atoms with Crippen LogP contribution in [0.5, 0.6) is 0 Å². The zero-order chi connectivity index (χ0) is 20.1. The predicted molar refractivity (Wildman–Crippen MR) is 99.7 cm³/mol. The average molecular weight is 381 g/mol. The van der Waals surface area contributed by atoms with Crippen LogP contribution in [0.3, 0.4) is 0 Å². The van der Waals surface area contributed by atoms with Crippen LogP contribution >= 0.6 is 0 Å². The Morgan fingerprint density at radius 2 is 1.96 bits per heavy atom. The lowest BCUT2D eigenvalue weighted by atomic mass is 10.1. The predicted octanol–water partition coefficient (Wildman–Crippen LogP) is 1.08. The van der Waals surface area contributed by atoms with Crippen molar-refractivity contribution in [2.45, 2.75) is 20.4 Å². The number of amides is 1. The van der Waals surface area contributed by atoms with Crippen molar-refractivity contribution in [2.75, 3.05) is 0 Å². The van der Waals surface area contributed by atoms with Gasteiger partial charge in [0.05, 0.1) is 30.3 Å². The van der Waals surface area contributed by atoms with Crippen molar-refractivity contribution in [3.05, 3.63) is 52.7 Å². The summed E-state index contributed by atoms with van der Waals surface area (Å²) in [6, 6.07) is 9.27. The lowest BCUT2D eigenvalue weighted by molar-refractivity contribution is -0.140. The Morgan fingerprint density at radius 3 is 2.61 bits per heavy atom. The molecule has 1 saturated carbocycles. The fourth-order valence-electron chi connectivity index (χ4n) is 3.67. The van der Waals surface area contributed by atoms with Crippen LogP contribution in [0.2, 0.25) is 0 Å². The average Bonchev–Trinajstić information content (AvgIpc) is 3.02. The number of H-pyrrole nitrogens is 1. The van der Waals surface area contributed by atoms with Crippen LogP contribution in [-0.4, -0.2) is 36.7 Å². The number of aromatic amines is 1. The fourth-order valence-corrected chi connectivity index (χ4v) is 3.67. The maximum absolute atomic E-state index is 12.4. The monoisotopic (exact) mass is 381 g/mol. The van der Waals surface area contributed by atoms with Crippen molar-refractivity contribution in [1.82, 2.24) is 25.1 Å². The zero-order valence-corrected chi connectivity index (χ0v) is 15.3. The second-order valence-corrected chi connectivity index (χ2v) is 7.47. The van der Waals surface area contributed by atoms with Gasteiger partial charge in [-0.25, -0.2) is 9.67 Å². The van der Waals surface area contributed by atoms with E-state index in [-0.39, 0.29) is 23.8 Å². The molecule has 0 aliphatic heterocycles. The van der Waals surface area contributed by atoms with Crippen LogP contribution in [-0.2, 0) is 16.1 Å². The number of aliphatic carboxylic acids is 1. The molecule has 0 spiro atoms. The molecule has 2 heterocycles. The summed E-state index contributed by atoms with van der Waals surface area (Å²) in [6.45, 7) is 3.49. The number of nitrogens with zero attached hydrogens (tertiary/aromatic N) is 3. The topological polar surface area (TPSA) is 130 Å². The van der Waals surface area contributed by atoms with E-state index < -0.39 is 23.2 Å². The SMILES string of the molecule is CC1(C)[C@H](C(=O)O)[C@@H]1C(=O)NCc1nc2c(cnn2-c2ccccc2)c(=O)[nH]1. The number of carbonyl (C=O) groups excluding carboxylic acids is 1. The van der Waals surface area contributed by atoms with Crippen molar-refractivity contribution in [3.8, 4) is 5.69 Å². The number of benzene rings is 1. The molecule has 9 heteroatoms. The zero-order valence-electron chi connectivity index (χ0n) is 15.3. The number of nitrogens with one attached hydrogen (secondary N) is 2. The first-order valence-corrected chi connectivity index (χ1v) is 8.83. The van der Waals surface area contributed by atoms with Crippen molar-refractivity contribution >= 4 is 22.9 Å². The third kappa shape index (κ3) is 2.84. The van der Waals surface area contributed by atoms with Gasteiger partial charge in [0, 0.05) is 0 Å². The van der Waals surface area contributed by atoms with Crippen molar-refractivity contribution in [2.24, 2.45) is 17.3 Å². The van der Waals surface area contributed by atoms with Gasteiger partial charge in [-0.1, -0.05) is 32.0 Å². The van der Waals surface area contributed by atoms with Gasteiger partial charge in [0.1, 0.15) is 11.2 Å². The maximum Gasteiger partial charge on any atom is 0.307 e. The molecule has 1 aromatic carbocycles. The van der Waals surface area contributed by atoms with E-state index in [1.54, 1.807) is 18.5 Å². The molecular weight excluding hydrogens is 362 g/mol. The van der Waals surface area contributed by atoms with Crippen molar-refractivity contribution in [1.29, 1.82) is 0 Å². The molecule has 0 unspecified atom stereocenters. The number of carboxylic acid groups (broad SMARTS) is 1. The summed E-state index contributed by atoms with van der Waals surface area (Å²) in [7, 11) is 0. The minimum absolute atomic E-state index is 0.0110. The number of fused-ring (bicyclic) bond motifs is 1. The van der Waals surface area contributed by atoms with Gasteiger partial charge in [-0.15, -0.1) is 0 Å². The van der Waals surface area contributed by atoms with Crippen LogP contribution < -0.4 is 10.9 Å². The first-order chi connectivity index (χ1) is 13.3. The summed E-state index contributed by atoms with van der Waals surface area (Å²) in [4.78, 5) is 43.0. The molecule has 144 valence electrons. The third-order valence-corrected chi connectivity index (χ3v) is 5.29. The number of carbonyl (C=O) groups is 2. The largest absolute Gasteiger partial charge is 0.481 e. The van der Waals surface area contributed by atoms with Crippen LogP contribution in [0, 0.1) is 17.3 Å². The molecule has 0 bridgehead atoms. The highest BCUT2D eigenvalue weighted by atomic mass is 16.4. The van der Waals surface area contributed by atoms with Crippen LogP contribution in [0.25, 0.3) is 16.7 Å². The van der Waals surface area contributed by atoms with Gasteiger partial charge in [0.2, 0.25) is 5.91 Å². The van der Waals surface area contributed by atoms with E-state index in [2.05, 4.69) is 20.4 Å². The Hall–Kier alpha value is -3.49. The van der Waals surface area contributed by atoms with E-state index in [1.165, 1.54) is 6.20 Å². The fraction of sp³-hybridized carbons (Fsp3) is 0.316. The van der Waals surface area contributed by atoms with Gasteiger partial charge < -0.3 is 15.4 Å². The Balaban J connectivity index is 1.58. The highest BCUT2D eigenvalue weighted by Crippen LogP contribution is 2.58. The van der Waals surface area contributed by atoms with E-state index in [0.717, 1.165) is 5.69 Å². The first kappa shape index (κ1) is 17.9. The summed E-state index contributed by atoms with van der Waals surface area (Å²) >= 11 is 0. The summed E-state index contributed by atoms with van der Waals surface area (Å²) < 4.78 is 1.56. The number of carboxylic acids is 1. The Kier molecular flexibility index (Phi) is 4.02. The Bertz CT molecular complexity index is 1130. The van der Waals surface area contributed by atoms with E-state index in [1.807, 2.05) is 30.3 Å². The molecule has 0 radical (unpaired) electrons. The van der Waals surface area contributed by atoms with E-state index in [0.29, 0.717) is 11.0 Å².